The molecule has 0 amide bonds. The summed E-state index contributed by atoms with van der Waals surface area (Å²) in [5.74, 6) is 1.36. The van der Waals surface area contributed by atoms with Crippen molar-refractivity contribution in [1.29, 1.82) is 0 Å². The van der Waals surface area contributed by atoms with Gasteiger partial charge in [-0.3, -0.25) is 0 Å². The maximum absolute atomic E-state index is 5.72. The number of alkyl halides is 1. The fourth-order valence-electron chi connectivity index (χ4n) is 1.36. The van der Waals surface area contributed by atoms with Gasteiger partial charge in [-0.05, 0) is 31.2 Å². The van der Waals surface area contributed by atoms with Crippen molar-refractivity contribution in [3.8, 4) is 16.3 Å². The molecule has 0 aliphatic carbocycles. The lowest BCUT2D eigenvalue weighted by Gasteiger charge is -2.02. The van der Waals surface area contributed by atoms with Crippen molar-refractivity contribution in [3.63, 3.8) is 0 Å². The Kier molecular flexibility index (Phi) is 5.75. The first-order chi connectivity index (χ1) is 7.83. The molecule has 0 radical (unpaired) electrons. The quantitative estimate of drug-likeness (QED) is 0.780. The summed E-state index contributed by atoms with van der Waals surface area (Å²) in [5.41, 5.74) is 2.03. The Morgan fingerprint density at radius 2 is 2.00 bits per heavy atom. The molecule has 92 valence electrons. The molecule has 0 bridgehead atoms. The van der Waals surface area contributed by atoms with Gasteiger partial charge in [-0.2, -0.15) is 0 Å². The number of thiazole rings is 1. The zero-order valence-corrected chi connectivity index (χ0v) is 11.7. The van der Waals surface area contributed by atoms with Crippen molar-refractivity contribution in [2.75, 3.05) is 6.61 Å². The van der Waals surface area contributed by atoms with E-state index in [2.05, 4.69) is 4.98 Å². The highest BCUT2D eigenvalue weighted by Crippen LogP contribution is 2.26. The summed E-state index contributed by atoms with van der Waals surface area (Å²) in [6.45, 7) is 2.66. The number of halogens is 2. The second-order valence-corrected chi connectivity index (χ2v) is 4.36. The van der Waals surface area contributed by atoms with E-state index in [1.165, 1.54) is 0 Å². The van der Waals surface area contributed by atoms with Gasteiger partial charge in [0.25, 0.3) is 0 Å². The SMILES string of the molecule is CCOc1ccc(-c2nc(CCl)cs2)cc1.Cl. The van der Waals surface area contributed by atoms with E-state index in [1.54, 1.807) is 11.3 Å². The molecule has 1 aromatic carbocycles. The van der Waals surface area contributed by atoms with Crippen molar-refractivity contribution < 1.29 is 4.74 Å². The Balaban J connectivity index is 0.00000144. The summed E-state index contributed by atoms with van der Waals surface area (Å²) in [4.78, 5) is 4.42. The predicted octanol–water partition coefficient (Wildman–Crippen LogP) is 4.37. The molecule has 1 aromatic heterocycles. The lowest BCUT2D eigenvalue weighted by molar-refractivity contribution is 0.340. The van der Waals surface area contributed by atoms with Crippen LogP contribution in [0.15, 0.2) is 29.6 Å². The Labute approximate surface area is 116 Å². The van der Waals surface area contributed by atoms with Crippen LogP contribution in [0.2, 0.25) is 0 Å². The predicted molar refractivity (Wildman–Crippen MR) is 75.5 cm³/mol. The summed E-state index contributed by atoms with van der Waals surface area (Å²) in [5, 5.41) is 2.98. The zero-order chi connectivity index (χ0) is 11.4. The van der Waals surface area contributed by atoms with Gasteiger partial charge in [-0.1, -0.05) is 0 Å². The topological polar surface area (TPSA) is 22.1 Å². The first-order valence-corrected chi connectivity index (χ1v) is 6.48. The molecule has 0 saturated carbocycles. The van der Waals surface area contributed by atoms with E-state index in [0.717, 1.165) is 22.0 Å². The van der Waals surface area contributed by atoms with Crippen molar-refractivity contribution in [1.82, 2.24) is 4.98 Å². The van der Waals surface area contributed by atoms with Gasteiger partial charge < -0.3 is 4.74 Å². The van der Waals surface area contributed by atoms with Crippen LogP contribution in [0.1, 0.15) is 12.6 Å². The van der Waals surface area contributed by atoms with E-state index >= 15 is 0 Å². The first kappa shape index (κ1) is 14.3. The normalized spacial score (nSPS) is 9.76. The van der Waals surface area contributed by atoms with Crippen LogP contribution in [0.4, 0.5) is 0 Å². The third-order valence-electron chi connectivity index (χ3n) is 2.10. The highest BCUT2D eigenvalue weighted by molar-refractivity contribution is 7.13. The molecule has 5 heteroatoms. The molecular weight excluding hydrogens is 277 g/mol. The molecule has 0 aliphatic rings. The van der Waals surface area contributed by atoms with E-state index in [4.69, 9.17) is 16.3 Å². The molecule has 17 heavy (non-hydrogen) atoms. The third kappa shape index (κ3) is 3.60. The number of ether oxygens (including phenoxy) is 1. The number of nitrogens with zero attached hydrogens (tertiary/aromatic N) is 1. The maximum Gasteiger partial charge on any atom is 0.123 e. The van der Waals surface area contributed by atoms with Gasteiger partial charge in [0.05, 0.1) is 18.2 Å². The van der Waals surface area contributed by atoms with E-state index in [-0.39, 0.29) is 12.4 Å². The minimum atomic E-state index is 0. The number of hydrogen-bond donors (Lipinski definition) is 0. The zero-order valence-electron chi connectivity index (χ0n) is 9.35. The van der Waals surface area contributed by atoms with Crippen molar-refractivity contribution in [2.45, 2.75) is 12.8 Å². The van der Waals surface area contributed by atoms with Crippen LogP contribution >= 0.6 is 35.3 Å². The van der Waals surface area contributed by atoms with E-state index in [9.17, 15) is 0 Å². The molecule has 2 aromatic rings. The molecule has 1 heterocycles. The number of rotatable bonds is 4. The molecule has 0 spiro atoms. The van der Waals surface area contributed by atoms with Gasteiger partial charge in [0.2, 0.25) is 0 Å². The molecule has 0 unspecified atom stereocenters. The highest BCUT2D eigenvalue weighted by atomic mass is 35.5. The molecule has 2 nitrogen and oxygen atoms in total. The lowest BCUT2D eigenvalue weighted by Crippen LogP contribution is -1.90. The van der Waals surface area contributed by atoms with E-state index < -0.39 is 0 Å². The van der Waals surface area contributed by atoms with Gasteiger partial charge in [-0.25, -0.2) is 4.98 Å². The minimum absolute atomic E-state index is 0. The summed E-state index contributed by atoms with van der Waals surface area (Å²) >= 11 is 7.33. The Bertz CT molecular complexity index is 456. The van der Waals surface area contributed by atoms with Crippen LogP contribution in [0.3, 0.4) is 0 Å². The lowest BCUT2D eigenvalue weighted by atomic mass is 10.2. The van der Waals surface area contributed by atoms with Crippen LogP contribution in [-0.2, 0) is 5.88 Å². The van der Waals surface area contributed by atoms with Gasteiger partial charge in [0.15, 0.2) is 0 Å². The van der Waals surface area contributed by atoms with E-state index in [0.29, 0.717) is 12.5 Å². The highest BCUT2D eigenvalue weighted by Gasteiger charge is 2.04. The number of aromatic nitrogens is 1. The second kappa shape index (κ2) is 6.84. The van der Waals surface area contributed by atoms with Gasteiger partial charge in [-0.15, -0.1) is 35.3 Å². The van der Waals surface area contributed by atoms with Crippen LogP contribution in [-0.4, -0.2) is 11.6 Å². The Morgan fingerprint density at radius 1 is 1.29 bits per heavy atom. The Morgan fingerprint density at radius 3 is 2.53 bits per heavy atom. The Hall–Kier alpha value is -0.770. The fourth-order valence-corrected chi connectivity index (χ4v) is 2.42. The van der Waals surface area contributed by atoms with Gasteiger partial charge in [0, 0.05) is 10.9 Å². The molecule has 0 fully saturated rings. The molecule has 0 N–H and O–H groups in total. The van der Waals surface area contributed by atoms with Gasteiger partial charge >= 0.3 is 0 Å². The standard InChI is InChI=1S/C12H12ClNOS.ClH/c1-2-15-11-5-3-9(4-6-11)12-14-10(7-13)8-16-12;/h3-6,8H,2,7H2,1H3;1H. The third-order valence-corrected chi connectivity index (χ3v) is 3.31. The molecule has 0 aliphatic heterocycles. The maximum atomic E-state index is 5.72. The van der Waals surface area contributed by atoms with Crippen molar-refractivity contribution >= 4 is 35.3 Å². The van der Waals surface area contributed by atoms with Crippen LogP contribution in [0, 0.1) is 0 Å². The van der Waals surface area contributed by atoms with Crippen LogP contribution < -0.4 is 4.74 Å². The summed E-state index contributed by atoms with van der Waals surface area (Å²) in [6.07, 6.45) is 0. The average molecular weight is 290 g/mol. The summed E-state index contributed by atoms with van der Waals surface area (Å²) < 4.78 is 5.38. The molecule has 2 rings (SSSR count). The minimum Gasteiger partial charge on any atom is -0.494 e. The van der Waals surface area contributed by atoms with Crippen LogP contribution in [0.25, 0.3) is 10.6 Å². The first-order valence-electron chi connectivity index (χ1n) is 5.07. The molecule has 0 saturated heterocycles. The smallest absolute Gasteiger partial charge is 0.123 e. The molecule has 0 atom stereocenters. The number of benzene rings is 1. The second-order valence-electron chi connectivity index (χ2n) is 3.24. The summed E-state index contributed by atoms with van der Waals surface area (Å²) in [7, 11) is 0. The average Bonchev–Trinajstić information content (AvgIpc) is 2.79. The van der Waals surface area contributed by atoms with Crippen molar-refractivity contribution in [3.05, 3.63) is 35.3 Å². The van der Waals surface area contributed by atoms with Crippen LogP contribution in [0.5, 0.6) is 5.75 Å². The summed E-state index contributed by atoms with van der Waals surface area (Å²) in [6, 6.07) is 7.95. The molecular formula is C12H13Cl2NOS. The largest absolute Gasteiger partial charge is 0.494 e. The fraction of sp³-hybridized carbons (Fsp3) is 0.250. The van der Waals surface area contributed by atoms with Crippen molar-refractivity contribution in [2.24, 2.45) is 0 Å². The number of hydrogen-bond acceptors (Lipinski definition) is 3. The van der Waals surface area contributed by atoms with E-state index in [1.807, 2.05) is 36.6 Å². The monoisotopic (exact) mass is 289 g/mol. The van der Waals surface area contributed by atoms with Gasteiger partial charge in [0.1, 0.15) is 10.8 Å².